The Morgan fingerprint density at radius 3 is 2.55 bits per heavy atom. The van der Waals surface area contributed by atoms with Gasteiger partial charge in [-0.3, -0.25) is 9.59 Å². The molecule has 3 aromatic rings. The predicted octanol–water partition coefficient (Wildman–Crippen LogP) is 3.73. The van der Waals surface area contributed by atoms with Crippen LogP contribution in [0.1, 0.15) is 30.5 Å². The summed E-state index contributed by atoms with van der Waals surface area (Å²) in [4.78, 5) is 28.6. The van der Waals surface area contributed by atoms with Crippen molar-refractivity contribution < 1.29 is 9.90 Å². The smallest absolute Gasteiger partial charge is 0.313 e. The highest BCUT2D eigenvalue weighted by Crippen LogP contribution is 2.26. The summed E-state index contributed by atoms with van der Waals surface area (Å²) < 4.78 is 1.42. The third-order valence-corrected chi connectivity index (χ3v) is 5.04. The molecular formula is C23H25N3O3. The summed E-state index contributed by atoms with van der Waals surface area (Å²) in [6, 6.07) is 13.7. The number of carboxylic acids is 1. The first kappa shape index (κ1) is 20.3. The number of hydrogen-bond acceptors (Lipinski definition) is 4. The van der Waals surface area contributed by atoms with Crippen molar-refractivity contribution in [2.75, 3.05) is 5.32 Å². The molecule has 3 rings (SSSR count). The topological polar surface area (TPSA) is 84.2 Å². The van der Waals surface area contributed by atoms with Crippen molar-refractivity contribution in [1.82, 2.24) is 9.55 Å². The van der Waals surface area contributed by atoms with Crippen LogP contribution in [0.15, 0.2) is 59.7 Å². The standard InChI is InChI=1S/C23H25N3O3/c1-15-6-5-7-16(10-15)12-24-20-9-8-17(13-25-20)18-11-19(21(27)26(4)14-18)23(2,3)22(28)29/h5-11,13-14H,12H2,1-4H3,(H,24,25)(H,28,29). The molecule has 2 heterocycles. The summed E-state index contributed by atoms with van der Waals surface area (Å²) in [7, 11) is 1.62. The number of carboxylic acid groups (broad SMARTS) is 1. The van der Waals surface area contributed by atoms with Gasteiger partial charge in [-0.05, 0) is 44.5 Å². The van der Waals surface area contributed by atoms with E-state index in [1.807, 2.05) is 18.2 Å². The second kappa shape index (κ2) is 7.91. The number of nitrogens with zero attached hydrogens (tertiary/aromatic N) is 2. The van der Waals surface area contributed by atoms with Crippen LogP contribution in [0.5, 0.6) is 0 Å². The van der Waals surface area contributed by atoms with Crippen LogP contribution in [0.4, 0.5) is 5.82 Å². The Hall–Kier alpha value is -3.41. The minimum Gasteiger partial charge on any atom is -0.481 e. The van der Waals surface area contributed by atoms with Gasteiger partial charge in [-0.2, -0.15) is 0 Å². The van der Waals surface area contributed by atoms with E-state index >= 15 is 0 Å². The van der Waals surface area contributed by atoms with Gasteiger partial charge in [0.2, 0.25) is 0 Å². The number of anilines is 1. The first-order valence-electron chi connectivity index (χ1n) is 9.39. The number of pyridine rings is 2. The van der Waals surface area contributed by atoms with Gasteiger partial charge in [0, 0.05) is 42.7 Å². The number of hydrogen-bond donors (Lipinski definition) is 2. The molecule has 2 N–H and O–H groups in total. The van der Waals surface area contributed by atoms with E-state index in [1.54, 1.807) is 25.5 Å². The van der Waals surface area contributed by atoms with E-state index in [4.69, 9.17) is 0 Å². The Labute approximate surface area is 169 Å². The van der Waals surface area contributed by atoms with Crippen molar-refractivity contribution in [1.29, 1.82) is 0 Å². The molecule has 0 bridgehead atoms. The summed E-state index contributed by atoms with van der Waals surface area (Å²) in [6.07, 6.45) is 3.41. The molecule has 150 valence electrons. The van der Waals surface area contributed by atoms with Crippen LogP contribution < -0.4 is 10.9 Å². The van der Waals surface area contributed by atoms with Gasteiger partial charge in [0.15, 0.2) is 0 Å². The van der Waals surface area contributed by atoms with Crippen molar-refractivity contribution in [3.05, 3.63) is 81.9 Å². The summed E-state index contributed by atoms with van der Waals surface area (Å²) in [5.41, 5.74) is 2.58. The second-order valence-corrected chi connectivity index (χ2v) is 7.76. The Balaban J connectivity index is 1.85. The van der Waals surface area contributed by atoms with Gasteiger partial charge in [-0.25, -0.2) is 4.98 Å². The van der Waals surface area contributed by atoms with Crippen molar-refractivity contribution in [3.8, 4) is 11.1 Å². The van der Waals surface area contributed by atoms with Crippen LogP contribution >= 0.6 is 0 Å². The minimum atomic E-state index is -1.28. The summed E-state index contributed by atoms with van der Waals surface area (Å²) in [5.74, 6) is -0.299. The van der Waals surface area contributed by atoms with Gasteiger partial charge in [0.1, 0.15) is 5.82 Å². The Bertz CT molecular complexity index is 1100. The molecule has 0 atom stereocenters. The van der Waals surface area contributed by atoms with Crippen LogP contribution in [0.3, 0.4) is 0 Å². The minimum absolute atomic E-state index is 0.242. The number of carbonyl (C=O) groups is 1. The number of nitrogens with one attached hydrogen (secondary N) is 1. The molecule has 0 saturated carbocycles. The van der Waals surface area contributed by atoms with Crippen LogP contribution in [0.25, 0.3) is 11.1 Å². The lowest BCUT2D eigenvalue weighted by molar-refractivity contribution is -0.142. The molecule has 0 radical (unpaired) electrons. The zero-order valence-corrected chi connectivity index (χ0v) is 17.1. The summed E-state index contributed by atoms with van der Waals surface area (Å²) in [6.45, 7) is 5.80. The molecule has 0 saturated heterocycles. The first-order valence-corrected chi connectivity index (χ1v) is 9.39. The average molecular weight is 391 g/mol. The Morgan fingerprint density at radius 2 is 1.93 bits per heavy atom. The van der Waals surface area contributed by atoms with Gasteiger partial charge in [0.25, 0.3) is 5.56 Å². The molecular weight excluding hydrogens is 366 g/mol. The highest BCUT2D eigenvalue weighted by atomic mass is 16.4. The molecule has 0 aliphatic rings. The van der Waals surface area contributed by atoms with E-state index < -0.39 is 11.4 Å². The third-order valence-electron chi connectivity index (χ3n) is 5.04. The van der Waals surface area contributed by atoms with Gasteiger partial charge in [-0.1, -0.05) is 29.8 Å². The van der Waals surface area contributed by atoms with E-state index in [-0.39, 0.29) is 11.1 Å². The molecule has 0 unspecified atom stereocenters. The van der Waals surface area contributed by atoms with E-state index in [1.165, 1.54) is 29.5 Å². The molecule has 29 heavy (non-hydrogen) atoms. The van der Waals surface area contributed by atoms with E-state index in [0.29, 0.717) is 6.54 Å². The Kier molecular flexibility index (Phi) is 5.55. The van der Waals surface area contributed by atoms with E-state index in [0.717, 1.165) is 16.9 Å². The van der Waals surface area contributed by atoms with Crippen molar-refractivity contribution in [2.24, 2.45) is 7.05 Å². The number of aryl methyl sites for hydroxylation is 2. The fourth-order valence-corrected chi connectivity index (χ4v) is 3.12. The van der Waals surface area contributed by atoms with Gasteiger partial charge in [0.05, 0.1) is 5.41 Å². The maximum Gasteiger partial charge on any atom is 0.313 e. The molecule has 0 aliphatic heterocycles. The lowest BCUT2D eigenvalue weighted by Gasteiger charge is -2.20. The monoisotopic (exact) mass is 391 g/mol. The normalized spacial score (nSPS) is 11.3. The molecule has 0 amide bonds. The lowest BCUT2D eigenvalue weighted by Crippen LogP contribution is -2.36. The number of aromatic nitrogens is 2. The van der Waals surface area contributed by atoms with Gasteiger partial charge in [-0.15, -0.1) is 0 Å². The SMILES string of the molecule is Cc1cccc(CNc2ccc(-c3cc(C(C)(C)C(=O)O)c(=O)n(C)c3)cn2)c1. The molecule has 1 aromatic carbocycles. The van der Waals surface area contributed by atoms with Crippen LogP contribution in [-0.2, 0) is 23.8 Å². The van der Waals surface area contributed by atoms with Gasteiger partial charge < -0.3 is 15.0 Å². The number of benzene rings is 1. The number of rotatable bonds is 6. The average Bonchev–Trinajstić information content (AvgIpc) is 2.68. The predicted molar refractivity (Wildman–Crippen MR) is 114 cm³/mol. The van der Waals surface area contributed by atoms with E-state index in [2.05, 4.69) is 35.4 Å². The molecule has 6 nitrogen and oxygen atoms in total. The zero-order chi connectivity index (χ0) is 21.2. The van der Waals surface area contributed by atoms with Crippen molar-refractivity contribution in [3.63, 3.8) is 0 Å². The van der Waals surface area contributed by atoms with Gasteiger partial charge >= 0.3 is 5.97 Å². The maximum atomic E-state index is 12.5. The molecule has 0 spiro atoms. The van der Waals surface area contributed by atoms with Crippen molar-refractivity contribution in [2.45, 2.75) is 32.7 Å². The second-order valence-electron chi connectivity index (χ2n) is 7.76. The molecule has 0 fully saturated rings. The highest BCUT2D eigenvalue weighted by molar-refractivity contribution is 5.81. The van der Waals surface area contributed by atoms with Crippen molar-refractivity contribution >= 4 is 11.8 Å². The summed E-state index contributed by atoms with van der Waals surface area (Å²) in [5, 5.41) is 12.8. The first-order chi connectivity index (χ1) is 13.7. The molecule has 6 heteroatoms. The van der Waals surface area contributed by atoms with E-state index in [9.17, 15) is 14.7 Å². The van der Waals surface area contributed by atoms with Crippen LogP contribution in [0, 0.1) is 6.92 Å². The van der Waals surface area contributed by atoms with Crippen LogP contribution in [0.2, 0.25) is 0 Å². The quantitative estimate of drug-likeness (QED) is 0.669. The summed E-state index contributed by atoms with van der Waals surface area (Å²) >= 11 is 0. The highest BCUT2D eigenvalue weighted by Gasteiger charge is 2.33. The maximum absolute atomic E-state index is 12.5. The molecule has 0 aliphatic carbocycles. The van der Waals surface area contributed by atoms with Crippen LogP contribution in [-0.4, -0.2) is 20.6 Å². The third kappa shape index (κ3) is 4.37. The lowest BCUT2D eigenvalue weighted by atomic mass is 9.84. The largest absolute Gasteiger partial charge is 0.481 e. The zero-order valence-electron chi connectivity index (χ0n) is 17.1. The fourth-order valence-electron chi connectivity index (χ4n) is 3.12. The number of aliphatic carboxylic acids is 1. The Morgan fingerprint density at radius 1 is 1.17 bits per heavy atom. The fraction of sp³-hybridized carbons (Fsp3) is 0.261. The molecule has 2 aromatic heterocycles.